The van der Waals surface area contributed by atoms with Crippen LogP contribution in [0.25, 0.3) is 0 Å². The molecule has 33 heavy (non-hydrogen) atoms. The first-order chi connectivity index (χ1) is 15.8. The van der Waals surface area contributed by atoms with Crippen LogP contribution in [-0.2, 0) is 30.7 Å². The molecule has 0 spiro atoms. The second-order valence-electron chi connectivity index (χ2n) is 7.73. The number of benzene rings is 2. The maximum Gasteiger partial charge on any atom is 0.341 e. The van der Waals surface area contributed by atoms with Gasteiger partial charge in [0.25, 0.3) is 5.91 Å². The van der Waals surface area contributed by atoms with Gasteiger partial charge in [0.2, 0.25) is 10.0 Å². The summed E-state index contributed by atoms with van der Waals surface area (Å²) in [6, 6.07) is 12.6. The van der Waals surface area contributed by atoms with Gasteiger partial charge in [-0.1, -0.05) is 30.3 Å². The molecular weight excluding hydrogens is 451 g/mol. The van der Waals surface area contributed by atoms with E-state index < -0.39 is 39.9 Å². The number of aryl methyl sites for hydroxylation is 1. The molecule has 178 valence electrons. The maximum absolute atomic E-state index is 14.2. The summed E-state index contributed by atoms with van der Waals surface area (Å²) in [7, 11) is -3.91. The smallest absolute Gasteiger partial charge is 0.341 e. The summed E-state index contributed by atoms with van der Waals surface area (Å²) in [6.45, 7) is 2.09. The van der Waals surface area contributed by atoms with Crippen molar-refractivity contribution in [3.63, 3.8) is 0 Å². The Morgan fingerprint density at radius 1 is 1.15 bits per heavy atom. The van der Waals surface area contributed by atoms with Crippen molar-refractivity contribution >= 4 is 21.9 Å². The first-order valence-corrected chi connectivity index (χ1v) is 12.1. The molecule has 8 nitrogen and oxygen atoms in total. The largest absolute Gasteiger partial charge is 0.452 e. The van der Waals surface area contributed by atoms with E-state index in [4.69, 9.17) is 9.47 Å². The van der Waals surface area contributed by atoms with E-state index in [0.29, 0.717) is 6.42 Å². The van der Waals surface area contributed by atoms with Crippen LogP contribution in [0.3, 0.4) is 0 Å². The van der Waals surface area contributed by atoms with Crippen molar-refractivity contribution in [3.8, 4) is 0 Å². The van der Waals surface area contributed by atoms with Crippen LogP contribution in [-0.4, -0.2) is 63.6 Å². The number of halogens is 1. The van der Waals surface area contributed by atoms with E-state index in [-0.39, 0.29) is 37.2 Å². The van der Waals surface area contributed by atoms with Gasteiger partial charge < -0.3 is 14.8 Å². The van der Waals surface area contributed by atoms with Gasteiger partial charge in [-0.15, -0.1) is 0 Å². The predicted octanol–water partition coefficient (Wildman–Crippen LogP) is 2.14. The number of amides is 1. The highest BCUT2D eigenvalue weighted by molar-refractivity contribution is 7.89. The van der Waals surface area contributed by atoms with E-state index in [0.717, 1.165) is 30.2 Å². The number of hydrogen-bond donors (Lipinski definition) is 1. The number of hydrogen-bond acceptors (Lipinski definition) is 6. The molecule has 0 aliphatic carbocycles. The zero-order valence-corrected chi connectivity index (χ0v) is 19.1. The molecule has 1 aliphatic heterocycles. The second-order valence-corrected chi connectivity index (χ2v) is 9.67. The van der Waals surface area contributed by atoms with Crippen LogP contribution < -0.4 is 5.32 Å². The van der Waals surface area contributed by atoms with E-state index in [1.807, 2.05) is 37.3 Å². The summed E-state index contributed by atoms with van der Waals surface area (Å²) < 4.78 is 51.0. The molecule has 0 bridgehead atoms. The van der Waals surface area contributed by atoms with Crippen LogP contribution in [0.2, 0.25) is 0 Å². The zero-order chi connectivity index (χ0) is 23.8. The fraction of sp³-hybridized carbons (Fsp3) is 0.391. The number of sulfonamides is 1. The van der Waals surface area contributed by atoms with Gasteiger partial charge in [-0.05, 0) is 43.5 Å². The monoisotopic (exact) mass is 478 g/mol. The second kappa shape index (κ2) is 11.4. The van der Waals surface area contributed by atoms with Crippen LogP contribution in [0.15, 0.2) is 53.4 Å². The van der Waals surface area contributed by atoms with E-state index in [1.165, 1.54) is 4.31 Å². The molecule has 1 atom stereocenters. The fourth-order valence-corrected chi connectivity index (χ4v) is 4.82. The molecule has 10 heteroatoms. The molecule has 1 N–H and O–H groups in total. The Balaban J connectivity index is 1.55. The molecule has 3 rings (SSSR count). The first kappa shape index (κ1) is 24.8. The van der Waals surface area contributed by atoms with Crippen molar-refractivity contribution in [2.75, 3.05) is 32.9 Å². The molecule has 0 aromatic heterocycles. The summed E-state index contributed by atoms with van der Waals surface area (Å²) in [5, 5.41) is 2.73. The summed E-state index contributed by atoms with van der Waals surface area (Å²) in [4.78, 5) is 24.2. The number of ether oxygens (including phenoxy) is 2. The molecule has 2 aromatic rings. The lowest BCUT2D eigenvalue weighted by molar-refractivity contribution is -0.124. The minimum atomic E-state index is -3.91. The van der Waals surface area contributed by atoms with Gasteiger partial charge >= 0.3 is 5.97 Å². The Morgan fingerprint density at radius 3 is 2.55 bits per heavy atom. The molecule has 1 unspecified atom stereocenters. The average molecular weight is 479 g/mol. The van der Waals surface area contributed by atoms with Crippen molar-refractivity contribution in [1.29, 1.82) is 0 Å². The molecule has 2 aromatic carbocycles. The van der Waals surface area contributed by atoms with Crippen LogP contribution >= 0.6 is 0 Å². The zero-order valence-electron chi connectivity index (χ0n) is 18.3. The van der Waals surface area contributed by atoms with Gasteiger partial charge in [0.1, 0.15) is 5.82 Å². The molecular formula is C23H27FN2O6S. The molecule has 0 radical (unpaired) electrons. The van der Waals surface area contributed by atoms with Crippen LogP contribution in [0.1, 0.15) is 29.3 Å². The molecule has 1 heterocycles. The number of esters is 1. The van der Waals surface area contributed by atoms with Gasteiger partial charge in [0.05, 0.1) is 23.7 Å². The Bertz CT molecular complexity index is 1070. The van der Waals surface area contributed by atoms with Crippen molar-refractivity contribution in [2.45, 2.75) is 30.7 Å². The van der Waals surface area contributed by atoms with Crippen LogP contribution in [0.5, 0.6) is 0 Å². The number of carbonyl (C=O) groups excluding carboxylic acids is 2. The highest BCUT2D eigenvalue weighted by Crippen LogP contribution is 2.21. The van der Waals surface area contributed by atoms with Crippen molar-refractivity contribution < 1.29 is 31.9 Å². The van der Waals surface area contributed by atoms with E-state index in [9.17, 15) is 22.4 Å². The number of morpholine rings is 1. The standard InChI is InChI=1S/C23H27FN2O6S/c1-17(7-8-18-5-3-2-4-6-18)25-22(27)16-32-23(28)20-15-19(9-10-21(20)24)33(29,30)26-11-13-31-14-12-26/h2-6,9-10,15,17H,7-8,11-14,16H2,1H3,(H,25,27). The summed E-state index contributed by atoms with van der Waals surface area (Å²) in [5.74, 6) is -2.57. The minimum absolute atomic E-state index is 0.157. The third-order valence-electron chi connectivity index (χ3n) is 5.22. The fourth-order valence-electron chi connectivity index (χ4n) is 3.38. The van der Waals surface area contributed by atoms with Gasteiger partial charge in [0, 0.05) is 19.1 Å². The maximum atomic E-state index is 14.2. The number of carbonyl (C=O) groups is 2. The van der Waals surface area contributed by atoms with Gasteiger partial charge in [-0.2, -0.15) is 4.31 Å². The Kier molecular flexibility index (Phi) is 8.54. The Morgan fingerprint density at radius 2 is 1.85 bits per heavy atom. The molecule has 1 saturated heterocycles. The Labute approximate surface area is 192 Å². The lowest BCUT2D eigenvalue weighted by atomic mass is 10.1. The first-order valence-electron chi connectivity index (χ1n) is 10.6. The van der Waals surface area contributed by atoms with Crippen molar-refractivity contribution in [3.05, 3.63) is 65.5 Å². The SMILES string of the molecule is CC(CCc1ccccc1)NC(=O)COC(=O)c1cc(S(=O)(=O)N2CCOCC2)ccc1F. The number of nitrogens with one attached hydrogen (secondary N) is 1. The van der Waals surface area contributed by atoms with E-state index in [1.54, 1.807) is 0 Å². The molecule has 0 saturated carbocycles. The van der Waals surface area contributed by atoms with Crippen LogP contribution in [0.4, 0.5) is 4.39 Å². The predicted molar refractivity (Wildman–Crippen MR) is 119 cm³/mol. The minimum Gasteiger partial charge on any atom is -0.452 e. The topological polar surface area (TPSA) is 102 Å². The molecule has 1 amide bonds. The highest BCUT2D eigenvalue weighted by Gasteiger charge is 2.28. The summed E-state index contributed by atoms with van der Waals surface area (Å²) >= 11 is 0. The lowest BCUT2D eigenvalue weighted by Gasteiger charge is -2.26. The molecule has 1 fully saturated rings. The third-order valence-corrected chi connectivity index (χ3v) is 7.11. The number of nitrogens with zero attached hydrogens (tertiary/aromatic N) is 1. The summed E-state index contributed by atoms with van der Waals surface area (Å²) in [5.41, 5.74) is 0.599. The number of rotatable bonds is 9. The van der Waals surface area contributed by atoms with E-state index in [2.05, 4.69) is 5.32 Å². The van der Waals surface area contributed by atoms with Gasteiger partial charge in [0.15, 0.2) is 6.61 Å². The van der Waals surface area contributed by atoms with Crippen molar-refractivity contribution in [2.24, 2.45) is 0 Å². The van der Waals surface area contributed by atoms with Crippen molar-refractivity contribution in [1.82, 2.24) is 9.62 Å². The average Bonchev–Trinajstić information content (AvgIpc) is 2.82. The van der Waals surface area contributed by atoms with E-state index >= 15 is 0 Å². The normalized spacial score (nSPS) is 15.6. The van der Waals surface area contributed by atoms with Gasteiger partial charge in [-0.3, -0.25) is 4.79 Å². The third kappa shape index (κ3) is 6.83. The van der Waals surface area contributed by atoms with Crippen LogP contribution in [0, 0.1) is 5.82 Å². The van der Waals surface area contributed by atoms with Gasteiger partial charge in [-0.25, -0.2) is 17.6 Å². The Hall–Kier alpha value is -2.82. The highest BCUT2D eigenvalue weighted by atomic mass is 32.2. The lowest BCUT2D eigenvalue weighted by Crippen LogP contribution is -2.40. The quantitative estimate of drug-likeness (QED) is 0.554. The molecule has 1 aliphatic rings. The summed E-state index contributed by atoms with van der Waals surface area (Å²) in [6.07, 6.45) is 1.47.